The third-order valence-corrected chi connectivity index (χ3v) is 2.22. The predicted molar refractivity (Wildman–Crippen MR) is 55.0 cm³/mol. The molecule has 2 aromatic heterocycles. The van der Waals surface area contributed by atoms with Crippen LogP contribution in [0.15, 0.2) is 47.3 Å². The lowest BCUT2D eigenvalue weighted by Crippen LogP contribution is -2.41. The fraction of sp³-hybridized carbons (Fsp3) is 0.250. The summed E-state index contributed by atoms with van der Waals surface area (Å²) in [6.45, 7) is 2.58. The highest BCUT2D eigenvalue weighted by molar-refractivity contribution is 5.06. The largest absolute Gasteiger partial charge is 0.465 e. The van der Waals surface area contributed by atoms with E-state index in [0.29, 0.717) is 6.61 Å². The molecule has 2 rings (SSSR count). The number of hydrogen-bond donors (Lipinski definition) is 0. The first-order valence-electron chi connectivity index (χ1n) is 5.04. The minimum atomic E-state index is 0.448. The number of aryl methyl sites for hydroxylation is 1. The van der Waals surface area contributed by atoms with Crippen molar-refractivity contribution in [3.63, 3.8) is 0 Å². The molecule has 0 fully saturated rings. The van der Waals surface area contributed by atoms with Crippen LogP contribution in [-0.4, -0.2) is 0 Å². The summed E-state index contributed by atoms with van der Waals surface area (Å²) >= 11 is 0. The highest BCUT2D eigenvalue weighted by atomic mass is 16.7. The molecule has 0 aliphatic carbocycles. The maximum atomic E-state index is 5.47. The number of rotatable bonds is 4. The van der Waals surface area contributed by atoms with Crippen molar-refractivity contribution in [1.29, 1.82) is 0 Å². The van der Waals surface area contributed by atoms with Gasteiger partial charge in [-0.05, 0) is 24.1 Å². The number of nitrogens with zero attached hydrogens (tertiary/aromatic N) is 1. The third-order valence-electron chi connectivity index (χ3n) is 2.22. The Hall–Kier alpha value is -1.77. The summed E-state index contributed by atoms with van der Waals surface area (Å²) in [4.78, 5) is 5.47. The molecule has 0 spiro atoms. The zero-order valence-electron chi connectivity index (χ0n) is 8.72. The van der Waals surface area contributed by atoms with E-state index in [0.717, 1.165) is 12.2 Å². The second kappa shape index (κ2) is 4.64. The molecular weight excluding hydrogens is 190 g/mol. The molecule has 0 saturated heterocycles. The van der Waals surface area contributed by atoms with Crippen LogP contribution in [0.3, 0.4) is 0 Å². The standard InChI is InChI=1S/C12H14NO2/c1-2-11-5-7-13(8-6-11)15-10-12-4-3-9-14-12/h3-9H,2,10H2,1H3/q+1. The van der Waals surface area contributed by atoms with Gasteiger partial charge in [-0.2, -0.15) is 0 Å². The van der Waals surface area contributed by atoms with Crippen molar-refractivity contribution < 1.29 is 14.0 Å². The van der Waals surface area contributed by atoms with Crippen LogP contribution in [0.1, 0.15) is 18.2 Å². The average molecular weight is 204 g/mol. The molecule has 0 saturated carbocycles. The summed E-state index contributed by atoms with van der Waals surface area (Å²) in [5.41, 5.74) is 1.30. The molecule has 2 aromatic rings. The number of pyridine rings is 1. The van der Waals surface area contributed by atoms with Crippen molar-refractivity contribution in [3.8, 4) is 0 Å². The Morgan fingerprint density at radius 1 is 1.27 bits per heavy atom. The molecule has 0 atom stereocenters. The number of hydrogen-bond acceptors (Lipinski definition) is 2. The van der Waals surface area contributed by atoms with Gasteiger partial charge < -0.3 is 4.42 Å². The predicted octanol–water partition coefficient (Wildman–Crippen LogP) is 1.76. The first kappa shape index (κ1) is 9.77. The van der Waals surface area contributed by atoms with Crippen LogP contribution in [0.5, 0.6) is 0 Å². The number of furan rings is 1. The van der Waals surface area contributed by atoms with E-state index < -0.39 is 0 Å². The van der Waals surface area contributed by atoms with E-state index in [2.05, 4.69) is 6.92 Å². The Bertz CT molecular complexity index is 392. The fourth-order valence-electron chi connectivity index (χ4n) is 1.30. The highest BCUT2D eigenvalue weighted by Crippen LogP contribution is 1.99. The van der Waals surface area contributed by atoms with Crippen molar-refractivity contribution in [2.75, 3.05) is 0 Å². The van der Waals surface area contributed by atoms with Gasteiger partial charge in [-0.15, -0.1) is 0 Å². The van der Waals surface area contributed by atoms with E-state index in [9.17, 15) is 0 Å². The molecule has 78 valence electrons. The Morgan fingerprint density at radius 2 is 2.07 bits per heavy atom. The van der Waals surface area contributed by atoms with Gasteiger partial charge in [-0.1, -0.05) is 6.92 Å². The quantitative estimate of drug-likeness (QED) is 0.709. The molecule has 3 heteroatoms. The third kappa shape index (κ3) is 2.59. The molecule has 3 nitrogen and oxygen atoms in total. The van der Waals surface area contributed by atoms with Crippen LogP contribution in [-0.2, 0) is 13.0 Å². The first-order chi connectivity index (χ1) is 7.38. The fourth-order valence-corrected chi connectivity index (χ4v) is 1.30. The van der Waals surface area contributed by atoms with E-state index >= 15 is 0 Å². The van der Waals surface area contributed by atoms with Gasteiger partial charge >= 0.3 is 0 Å². The van der Waals surface area contributed by atoms with Crippen LogP contribution < -0.4 is 9.57 Å². The topological polar surface area (TPSA) is 26.2 Å². The molecule has 2 heterocycles. The van der Waals surface area contributed by atoms with Gasteiger partial charge in [0.05, 0.1) is 6.26 Å². The van der Waals surface area contributed by atoms with Crippen LogP contribution >= 0.6 is 0 Å². The molecule has 0 unspecified atom stereocenters. The van der Waals surface area contributed by atoms with Crippen molar-refractivity contribution in [2.24, 2.45) is 0 Å². The van der Waals surface area contributed by atoms with E-state index in [-0.39, 0.29) is 0 Å². The van der Waals surface area contributed by atoms with Gasteiger partial charge in [0.2, 0.25) is 19.0 Å². The molecule has 0 radical (unpaired) electrons. The monoisotopic (exact) mass is 204 g/mol. The lowest BCUT2D eigenvalue weighted by molar-refractivity contribution is -0.895. The second-order valence-corrected chi connectivity index (χ2v) is 3.27. The molecular formula is C12H14NO2+. The van der Waals surface area contributed by atoms with E-state index in [1.54, 1.807) is 11.0 Å². The van der Waals surface area contributed by atoms with Crippen LogP contribution in [0.4, 0.5) is 0 Å². The van der Waals surface area contributed by atoms with Gasteiger partial charge in [0.15, 0.2) is 0 Å². The van der Waals surface area contributed by atoms with Crippen LogP contribution in [0, 0.1) is 0 Å². The van der Waals surface area contributed by atoms with Gasteiger partial charge in [0.25, 0.3) is 0 Å². The van der Waals surface area contributed by atoms with E-state index in [1.807, 2.05) is 36.7 Å². The molecule has 0 N–H and O–H groups in total. The van der Waals surface area contributed by atoms with Crippen molar-refractivity contribution in [2.45, 2.75) is 20.0 Å². The molecule has 0 aliphatic rings. The second-order valence-electron chi connectivity index (χ2n) is 3.27. The van der Waals surface area contributed by atoms with E-state index in [1.165, 1.54) is 5.56 Å². The van der Waals surface area contributed by atoms with Crippen molar-refractivity contribution >= 4 is 0 Å². The van der Waals surface area contributed by atoms with Gasteiger partial charge in [-0.3, -0.25) is 4.84 Å². The minimum Gasteiger partial charge on any atom is -0.465 e. The summed E-state index contributed by atoms with van der Waals surface area (Å²) in [6, 6.07) is 7.83. The van der Waals surface area contributed by atoms with Gasteiger partial charge in [0, 0.05) is 16.9 Å². The zero-order valence-corrected chi connectivity index (χ0v) is 8.72. The zero-order chi connectivity index (χ0) is 10.5. The Labute approximate surface area is 88.9 Å². The van der Waals surface area contributed by atoms with Crippen LogP contribution in [0.2, 0.25) is 0 Å². The van der Waals surface area contributed by atoms with Crippen LogP contribution in [0.25, 0.3) is 0 Å². The minimum absolute atomic E-state index is 0.448. The van der Waals surface area contributed by atoms with Gasteiger partial charge in [-0.25, -0.2) is 0 Å². The summed E-state index contributed by atoms with van der Waals surface area (Å²) in [6.07, 6.45) is 6.49. The maximum Gasteiger partial charge on any atom is 0.222 e. The first-order valence-corrected chi connectivity index (χ1v) is 5.04. The van der Waals surface area contributed by atoms with E-state index in [4.69, 9.17) is 9.25 Å². The lowest BCUT2D eigenvalue weighted by Gasteiger charge is -1.97. The van der Waals surface area contributed by atoms with Crippen molar-refractivity contribution in [3.05, 3.63) is 54.2 Å². The summed E-state index contributed by atoms with van der Waals surface area (Å²) in [5, 5.41) is 0. The van der Waals surface area contributed by atoms with Crippen molar-refractivity contribution in [1.82, 2.24) is 0 Å². The maximum absolute atomic E-state index is 5.47. The lowest BCUT2D eigenvalue weighted by atomic mass is 10.2. The molecule has 15 heavy (non-hydrogen) atoms. The highest BCUT2D eigenvalue weighted by Gasteiger charge is 2.03. The Morgan fingerprint density at radius 3 is 2.67 bits per heavy atom. The Balaban J connectivity index is 1.93. The summed E-state index contributed by atoms with van der Waals surface area (Å²) in [5.74, 6) is 0.821. The average Bonchev–Trinajstić information content (AvgIpc) is 2.80. The molecule has 0 aromatic carbocycles. The Kier molecular flexibility index (Phi) is 3.02. The SMILES string of the molecule is CCc1cc[n+](OCc2ccco2)cc1. The smallest absolute Gasteiger partial charge is 0.222 e. The normalized spacial score (nSPS) is 10.2. The molecule has 0 aliphatic heterocycles. The molecule has 0 bridgehead atoms. The molecule has 0 amide bonds. The summed E-state index contributed by atoms with van der Waals surface area (Å²) in [7, 11) is 0. The van der Waals surface area contributed by atoms with Gasteiger partial charge in [0.1, 0.15) is 5.76 Å². The summed E-state index contributed by atoms with van der Waals surface area (Å²) < 4.78 is 6.84. The number of aromatic nitrogens is 1.